The van der Waals surface area contributed by atoms with Gasteiger partial charge < -0.3 is 9.64 Å². The minimum atomic E-state index is -0.0730. The van der Waals surface area contributed by atoms with E-state index in [1.807, 2.05) is 24.3 Å². The van der Waals surface area contributed by atoms with Crippen LogP contribution < -0.4 is 9.64 Å². The molecule has 1 aliphatic rings. The molecular formula is C16H13BrClNO2. The van der Waals surface area contributed by atoms with Gasteiger partial charge in [0.15, 0.2) is 0 Å². The molecule has 108 valence electrons. The quantitative estimate of drug-likeness (QED) is 0.742. The molecule has 1 heterocycles. The van der Waals surface area contributed by atoms with E-state index in [0.717, 1.165) is 22.3 Å². The third kappa shape index (κ3) is 3.06. The summed E-state index contributed by atoms with van der Waals surface area (Å²) in [6.45, 7) is 1.24. The van der Waals surface area contributed by atoms with Crippen LogP contribution in [0.1, 0.15) is 16.8 Å². The highest BCUT2D eigenvalue weighted by molar-refractivity contribution is 9.10. The second-order valence-corrected chi connectivity index (χ2v) is 6.14. The van der Waals surface area contributed by atoms with E-state index in [1.165, 1.54) is 0 Å². The van der Waals surface area contributed by atoms with E-state index in [2.05, 4.69) is 15.9 Å². The molecule has 0 bridgehead atoms. The molecule has 0 aliphatic carbocycles. The van der Waals surface area contributed by atoms with Crippen molar-refractivity contribution < 1.29 is 9.53 Å². The van der Waals surface area contributed by atoms with Gasteiger partial charge in [-0.15, -0.1) is 0 Å². The Balaban J connectivity index is 2.01. The van der Waals surface area contributed by atoms with E-state index in [-0.39, 0.29) is 5.91 Å². The standard InChI is InChI=1S/C16H13BrClNO2/c17-12-8-11(9-13(18)10-12)16(20)19-6-3-7-21-15-5-2-1-4-14(15)19/h1-2,4-5,8-10H,3,6-7H2. The number of amides is 1. The smallest absolute Gasteiger partial charge is 0.258 e. The molecule has 5 heteroatoms. The molecule has 1 aliphatic heterocycles. The van der Waals surface area contributed by atoms with E-state index < -0.39 is 0 Å². The van der Waals surface area contributed by atoms with Gasteiger partial charge in [-0.2, -0.15) is 0 Å². The summed E-state index contributed by atoms with van der Waals surface area (Å²) in [5, 5.41) is 0.534. The van der Waals surface area contributed by atoms with Crippen LogP contribution in [-0.4, -0.2) is 19.1 Å². The first-order valence-corrected chi connectivity index (χ1v) is 7.82. The van der Waals surface area contributed by atoms with E-state index in [9.17, 15) is 4.79 Å². The number of hydrogen-bond donors (Lipinski definition) is 0. The van der Waals surface area contributed by atoms with Crippen molar-refractivity contribution >= 4 is 39.1 Å². The highest BCUT2D eigenvalue weighted by atomic mass is 79.9. The van der Waals surface area contributed by atoms with Crippen molar-refractivity contribution in [1.82, 2.24) is 0 Å². The zero-order valence-electron chi connectivity index (χ0n) is 11.2. The van der Waals surface area contributed by atoms with E-state index in [4.69, 9.17) is 16.3 Å². The first-order valence-electron chi connectivity index (χ1n) is 6.65. The molecule has 0 radical (unpaired) electrons. The van der Waals surface area contributed by atoms with Gasteiger partial charge in [0, 0.05) is 21.6 Å². The van der Waals surface area contributed by atoms with Gasteiger partial charge in [-0.25, -0.2) is 0 Å². The number of carbonyl (C=O) groups is 1. The van der Waals surface area contributed by atoms with Gasteiger partial charge in [0.05, 0.1) is 12.3 Å². The van der Waals surface area contributed by atoms with Crippen LogP contribution in [0.4, 0.5) is 5.69 Å². The van der Waals surface area contributed by atoms with Gasteiger partial charge >= 0.3 is 0 Å². The topological polar surface area (TPSA) is 29.5 Å². The van der Waals surface area contributed by atoms with Crippen molar-refractivity contribution in [2.45, 2.75) is 6.42 Å². The zero-order valence-corrected chi connectivity index (χ0v) is 13.5. The first-order chi connectivity index (χ1) is 10.1. The summed E-state index contributed by atoms with van der Waals surface area (Å²) in [6.07, 6.45) is 0.794. The Kier molecular flexibility index (Phi) is 4.17. The predicted octanol–water partition coefficient (Wildman–Crippen LogP) is 4.53. The van der Waals surface area contributed by atoms with Crippen molar-refractivity contribution in [1.29, 1.82) is 0 Å². The molecule has 0 atom stereocenters. The highest BCUT2D eigenvalue weighted by Crippen LogP contribution is 2.32. The van der Waals surface area contributed by atoms with Gasteiger partial charge in [0.1, 0.15) is 5.75 Å². The predicted molar refractivity (Wildman–Crippen MR) is 87.4 cm³/mol. The molecule has 0 fully saturated rings. The van der Waals surface area contributed by atoms with Crippen LogP contribution in [0.25, 0.3) is 0 Å². The second kappa shape index (κ2) is 6.08. The van der Waals surface area contributed by atoms with Crippen molar-refractivity contribution in [2.24, 2.45) is 0 Å². The number of anilines is 1. The lowest BCUT2D eigenvalue weighted by Gasteiger charge is -2.22. The Hall–Kier alpha value is -1.52. The zero-order chi connectivity index (χ0) is 14.8. The summed E-state index contributed by atoms with van der Waals surface area (Å²) in [4.78, 5) is 14.6. The number of fused-ring (bicyclic) bond motifs is 1. The van der Waals surface area contributed by atoms with Gasteiger partial charge in [0.25, 0.3) is 5.91 Å². The fraction of sp³-hybridized carbons (Fsp3) is 0.188. The Bertz CT molecular complexity index is 669. The van der Waals surface area contributed by atoms with Crippen LogP contribution in [0.5, 0.6) is 5.75 Å². The maximum atomic E-state index is 12.8. The number of halogens is 2. The molecule has 0 spiro atoms. The third-order valence-corrected chi connectivity index (χ3v) is 3.97. The molecule has 0 saturated carbocycles. The summed E-state index contributed by atoms with van der Waals surface area (Å²) in [6, 6.07) is 12.8. The first kappa shape index (κ1) is 14.4. The van der Waals surface area contributed by atoms with Crippen molar-refractivity contribution in [3.63, 3.8) is 0 Å². The van der Waals surface area contributed by atoms with Crippen LogP contribution in [-0.2, 0) is 0 Å². The van der Waals surface area contributed by atoms with Gasteiger partial charge in [-0.1, -0.05) is 39.7 Å². The molecule has 3 nitrogen and oxygen atoms in total. The average Bonchev–Trinajstić information content (AvgIpc) is 2.68. The largest absolute Gasteiger partial charge is 0.491 e. The lowest BCUT2D eigenvalue weighted by atomic mass is 10.1. The molecule has 2 aromatic rings. The molecule has 0 N–H and O–H groups in total. The van der Waals surface area contributed by atoms with E-state index in [1.54, 1.807) is 23.1 Å². The summed E-state index contributed by atoms with van der Waals surface area (Å²) in [5.74, 6) is 0.667. The molecule has 1 amide bonds. The number of para-hydroxylation sites is 2. The molecule has 0 saturated heterocycles. The lowest BCUT2D eigenvalue weighted by molar-refractivity contribution is 0.0987. The number of rotatable bonds is 1. The third-order valence-electron chi connectivity index (χ3n) is 3.29. The van der Waals surface area contributed by atoms with E-state index >= 15 is 0 Å². The van der Waals surface area contributed by atoms with Crippen LogP contribution >= 0.6 is 27.5 Å². The Labute approximate surface area is 136 Å². The highest BCUT2D eigenvalue weighted by Gasteiger charge is 2.23. The number of ether oxygens (including phenoxy) is 1. The molecule has 0 aromatic heterocycles. The summed E-state index contributed by atoms with van der Waals surface area (Å²) in [7, 11) is 0. The molecule has 0 unspecified atom stereocenters. The molecular weight excluding hydrogens is 354 g/mol. The van der Waals surface area contributed by atoms with Crippen molar-refractivity contribution in [3.8, 4) is 5.75 Å². The van der Waals surface area contributed by atoms with Crippen molar-refractivity contribution in [3.05, 3.63) is 57.5 Å². The maximum Gasteiger partial charge on any atom is 0.258 e. The molecule has 21 heavy (non-hydrogen) atoms. The van der Waals surface area contributed by atoms with Gasteiger partial charge in [-0.05, 0) is 36.8 Å². The number of hydrogen-bond acceptors (Lipinski definition) is 2. The maximum absolute atomic E-state index is 12.8. The number of nitrogens with zero attached hydrogens (tertiary/aromatic N) is 1. The van der Waals surface area contributed by atoms with Crippen molar-refractivity contribution in [2.75, 3.05) is 18.1 Å². The van der Waals surface area contributed by atoms with Gasteiger partial charge in [-0.3, -0.25) is 4.79 Å². The molecule has 2 aromatic carbocycles. The fourth-order valence-electron chi connectivity index (χ4n) is 2.37. The Morgan fingerprint density at radius 3 is 2.86 bits per heavy atom. The van der Waals surface area contributed by atoms with Crippen LogP contribution in [0.15, 0.2) is 46.9 Å². The second-order valence-electron chi connectivity index (χ2n) is 4.78. The number of benzene rings is 2. The lowest BCUT2D eigenvalue weighted by Crippen LogP contribution is -2.31. The summed E-state index contributed by atoms with van der Waals surface area (Å²) >= 11 is 9.41. The minimum absolute atomic E-state index is 0.0730. The summed E-state index contributed by atoms with van der Waals surface area (Å²) in [5.41, 5.74) is 1.36. The van der Waals surface area contributed by atoms with Crippen LogP contribution in [0.3, 0.4) is 0 Å². The Morgan fingerprint density at radius 2 is 2.05 bits per heavy atom. The fourth-order valence-corrected chi connectivity index (χ4v) is 3.23. The SMILES string of the molecule is O=C(c1cc(Cl)cc(Br)c1)N1CCCOc2ccccc21. The van der Waals surface area contributed by atoms with E-state index in [0.29, 0.717) is 23.7 Å². The van der Waals surface area contributed by atoms with Crippen LogP contribution in [0, 0.1) is 0 Å². The minimum Gasteiger partial charge on any atom is -0.491 e. The van der Waals surface area contributed by atoms with Gasteiger partial charge in [0.2, 0.25) is 0 Å². The van der Waals surface area contributed by atoms with Crippen LogP contribution in [0.2, 0.25) is 5.02 Å². The monoisotopic (exact) mass is 365 g/mol. The average molecular weight is 367 g/mol. The summed E-state index contributed by atoms with van der Waals surface area (Å²) < 4.78 is 6.47. The normalized spacial score (nSPS) is 14.1. The number of carbonyl (C=O) groups excluding carboxylic acids is 1. The molecule has 3 rings (SSSR count). The Morgan fingerprint density at radius 1 is 1.24 bits per heavy atom.